The molecule has 2 atom stereocenters. The lowest BCUT2D eigenvalue weighted by molar-refractivity contribution is -0.122. The smallest absolute Gasteiger partial charge is 0.259 e. The molecular weight excluding hydrogens is 230 g/mol. The number of fused-ring (bicyclic) bond motifs is 1. The van der Waals surface area contributed by atoms with Crippen LogP contribution in [0.1, 0.15) is 11.1 Å². The maximum atomic E-state index is 12.3. The molecule has 0 unspecified atom stereocenters. The van der Waals surface area contributed by atoms with Crippen LogP contribution in [-0.2, 0) is 9.59 Å². The molecule has 1 N–H and O–H groups in total. The Hall–Kier alpha value is -2.17. The van der Waals surface area contributed by atoms with E-state index in [1.54, 1.807) is 0 Å². The lowest BCUT2D eigenvalue weighted by atomic mass is 10.1. The van der Waals surface area contributed by atoms with E-state index in [1.165, 1.54) is 11.1 Å². The lowest BCUT2D eigenvalue weighted by Gasteiger charge is -2.19. The van der Waals surface area contributed by atoms with Crippen molar-refractivity contribution in [2.75, 3.05) is 4.90 Å². The molecular formula is C13H13N3O2. The van der Waals surface area contributed by atoms with Crippen LogP contribution in [0.3, 0.4) is 0 Å². The number of imide groups is 1. The van der Waals surface area contributed by atoms with Crippen molar-refractivity contribution >= 4 is 23.7 Å². The Kier molecular flexibility index (Phi) is 2.23. The number of para-hydroxylation sites is 1. The highest BCUT2D eigenvalue weighted by Crippen LogP contribution is 2.32. The second-order valence-corrected chi connectivity index (χ2v) is 4.66. The van der Waals surface area contributed by atoms with Gasteiger partial charge in [0, 0.05) is 6.21 Å². The Labute approximate surface area is 104 Å². The van der Waals surface area contributed by atoms with E-state index in [0.29, 0.717) is 5.69 Å². The van der Waals surface area contributed by atoms with Gasteiger partial charge < -0.3 is 0 Å². The number of carbonyl (C=O) groups is 2. The molecule has 5 nitrogen and oxygen atoms in total. The van der Waals surface area contributed by atoms with E-state index in [0.717, 1.165) is 11.1 Å². The number of aryl methyl sites for hydroxylation is 2. The largest absolute Gasteiger partial charge is 0.297 e. The molecule has 1 fully saturated rings. The highest BCUT2D eigenvalue weighted by molar-refractivity contribution is 6.28. The molecule has 0 aromatic heterocycles. The van der Waals surface area contributed by atoms with Crippen LogP contribution >= 0.6 is 0 Å². The van der Waals surface area contributed by atoms with Crippen LogP contribution < -0.4 is 10.3 Å². The summed E-state index contributed by atoms with van der Waals surface area (Å²) in [6.07, 6.45) is 1.51. The summed E-state index contributed by atoms with van der Waals surface area (Å²) >= 11 is 0. The van der Waals surface area contributed by atoms with Gasteiger partial charge in [-0.25, -0.2) is 4.90 Å². The van der Waals surface area contributed by atoms with Crippen LogP contribution in [0.2, 0.25) is 0 Å². The number of hydrogen-bond donors (Lipinski definition) is 1. The average Bonchev–Trinajstić information content (AvgIpc) is 2.88. The third-order valence-corrected chi connectivity index (χ3v) is 3.46. The third-order valence-electron chi connectivity index (χ3n) is 3.46. The fraction of sp³-hybridized carbons (Fsp3) is 0.308. The van der Waals surface area contributed by atoms with Crippen LogP contribution in [0.15, 0.2) is 23.3 Å². The summed E-state index contributed by atoms with van der Waals surface area (Å²) < 4.78 is 0. The molecule has 1 saturated heterocycles. The van der Waals surface area contributed by atoms with E-state index in [1.807, 2.05) is 32.0 Å². The Bertz CT molecular complexity index is 559. The Morgan fingerprint density at radius 2 is 1.83 bits per heavy atom. The Morgan fingerprint density at radius 1 is 1.17 bits per heavy atom. The van der Waals surface area contributed by atoms with Crippen molar-refractivity contribution in [1.82, 2.24) is 5.43 Å². The molecule has 2 aliphatic heterocycles. The molecule has 2 heterocycles. The van der Waals surface area contributed by atoms with Crippen molar-refractivity contribution in [3.63, 3.8) is 0 Å². The van der Waals surface area contributed by atoms with Gasteiger partial charge in [0.1, 0.15) is 12.0 Å². The minimum Gasteiger partial charge on any atom is -0.297 e. The maximum absolute atomic E-state index is 12.3. The first kappa shape index (κ1) is 11.0. The van der Waals surface area contributed by atoms with E-state index in [9.17, 15) is 9.59 Å². The normalized spacial score (nSPS) is 25.6. The van der Waals surface area contributed by atoms with Gasteiger partial charge in [0.25, 0.3) is 5.91 Å². The summed E-state index contributed by atoms with van der Waals surface area (Å²) in [5.74, 6) is -0.882. The van der Waals surface area contributed by atoms with Crippen LogP contribution in [0.5, 0.6) is 0 Å². The topological polar surface area (TPSA) is 61.8 Å². The third kappa shape index (κ3) is 1.30. The fourth-order valence-electron chi connectivity index (χ4n) is 2.56. The number of nitrogens with one attached hydrogen (secondary N) is 1. The van der Waals surface area contributed by atoms with Gasteiger partial charge in [-0.15, -0.1) is 0 Å². The predicted octanol–water partition coefficient (Wildman–Crippen LogP) is 0.750. The first-order valence-electron chi connectivity index (χ1n) is 5.84. The molecule has 0 aliphatic carbocycles. The summed E-state index contributed by atoms with van der Waals surface area (Å²) in [6.45, 7) is 3.80. The standard InChI is InChI=1S/C13H13N3O2/c1-7-4-3-5-8(2)11(7)16-12(17)9-6-14-15-10(9)13(16)18/h3-6,9-10,15H,1-2H3/t9-,10-/m0/s1. The van der Waals surface area contributed by atoms with Crippen LogP contribution in [0.25, 0.3) is 0 Å². The van der Waals surface area contributed by atoms with Gasteiger partial charge in [-0.3, -0.25) is 15.0 Å². The van der Waals surface area contributed by atoms with Crippen molar-refractivity contribution in [1.29, 1.82) is 0 Å². The van der Waals surface area contributed by atoms with Crippen molar-refractivity contribution < 1.29 is 9.59 Å². The van der Waals surface area contributed by atoms with Crippen molar-refractivity contribution in [3.8, 4) is 0 Å². The molecule has 1 aromatic carbocycles. The number of hydrogen-bond acceptors (Lipinski definition) is 4. The first-order chi connectivity index (χ1) is 8.61. The average molecular weight is 243 g/mol. The molecule has 3 rings (SSSR count). The zero-order chi connectivity index (χ0) is 12.9. The van der Waals surface area contributed by atoms with E-state index in [4.69, 9.17) is 0 Å². The number of benzene rings is 1. The second kappa shape index (κ2) is 3.66. The van der Waals surface area contributed by atoms with Gasteiger partial charge in [0.05, 0.1) is 5.69 Å². The minimum absolute atomic E-state index is 0.198. The Balaban J connectivity index is 2.10. The van der Waals surface area contributed by atoms with E-state index < -0.39 is 12.0 Å². The lowest BCUT2D eigenvalue weighted by Crippen LogP contribution is -2.37. The summed E-state index contributed by atoms with van der Waals surface area (Å²) in [7, 11) is 0. The molecule has 1 aromatic rings. The molecule has 5 heteroatoms. The second-order valence-electron chi connectivity index (χ2n) is 4.66. The zero-order valence-corrected chi connectivity index (χ0v) is 10.2. The van der Waals surface area contributed by atoms with Crippen LogP contribution in [0.4, 0.5) is 5.69 Å². The molecule has 2 aliphatic rings. The number of rotatable bonds is 1. The first-order valence-corrected chi connectivity index (χ1v) is 5.84. The molecule has 0 radical (unpaired) electrons. The van der Waals surface area contributed by atoms with Gasteiger partial charge in [-0.2, -0.15) is 5.10 Å². The van der Waals surface area contributed by atoms with Gasteiger partial charge in [-0.1, -0.05) is 18.2 Å². The maximum Gasteiger partial charge on any atom is 0.259 e. The molecule has 92 valence electrons. The number of hydrazone groups is 1. The highest BCUT2D eigenvalue weighted by atomic mass is 16.2. The van der Waals surface area contributed by atoms with Crippen LogP contribution in [-0.4, -0.2) is 24.1 Å². The monoisotopic (exact) mass is 243 g/mol. The summed E-state index contributed by atoms with van der Waals surface area (Å²) in [4.78, 5) is 25.8. The summed E-state index contributed by atoms with van der Waals surface area (Å²) in [5.41, 5.74) is 5.25. The summed E-state index contributed by atoms with van der Waals surface area (Å²) in [5, 5.41) is 3.80. The SMILES string of the molecule is Cc1cccc(C)c1N1C(=O)[C@H]2C=NN[C@@H]2C1=O. The van der Waals surface area contributed by atoms with E-state index in [-0.39, 0.29) is 11.8 Å². The summed E-state index contributed by atoms with van der Waals surface area (Å²) in [6, 6.07) is 5.19. The Morgan fingerprint density at radius 3 is 2.44 bits per heavy atom. The number of carbonyl (C=O) groups excluding carboxylic acids is 2. The molecule has 2 amide bonds. The molecule has 18 heavy (non-hydrogen) atoms. The minimum atomic E-state index is -0.531. The molecule has 0 saturated carbocycles. The van der Waals surface area contributed by atoms with Gasteiger partial charge in [0.2, 0.25) is 5.91 Å². The quantitative estimate of drug-likeness (QED) is 0.740. The van der Waals surface area contributed by atoms with Crippen molar-refractivity contribution in [3.05, 3.63) is 29.3 Å². The van der Waals surface area contributed by atoms with Crippen molar-refractivity contribution in [2.45, 2.75) is 19.9 Å². The van der Waals surface area contributed by atoms with Crippen LogP contribution in [0, 0.1) is 19.8 Å². The fourth-order valence-corrected chi connectivity index (χ4v) is 2.56. The zero-order valence-electron chi connectivity index (χ0n) is 10.2. The number of amides is 2. The number of anilines is 1. The van der Waals surface area contributed by atoms with Crippen molar-refractivity contribution in [2.24, 2.45) is 11.0 Å². The highest BCUT2D eigenvalue weighted by Gasteiger charge is 2.50. The van der Waals surface area contributed by atoms with E-state index >= 15 is 0 Å². The van der Waals surface area contributed by atoms with Gasteiger partial charge >= 0.3 is 0 Å². The van der Waals surface area contributed by atoms with E-state index in [2.05, 4.69) is 10.5 Å². The van der Waals surface area contributed by atoms with Gasteiger partial charge in [-0.05, 0) is 25.0 Å². The molecule has 0 spiro atoms. The van der Waals surface area contributed by atoms with Gasteiger partial charge in [0.15, 0.2) is 0 Å². The molecule has 0 bridgehead atoms. The predicted molar refractivity (Wildman–Crippen MR) is 67.3 cm³/mol. The number of nitrogens with zero attached hydrogens (tertiary/aromatic N) is 2.